The molecule has 6 aliphatic rings. The van der Waals surface area contributed by atoms with Crippen molar-refractivity contribution >= 4 is 22.6 Å². The van der Waals surface area contributed by atoms with Gasteiger partial charge in [-0.1, -0.05) is 146 Å². The zero-order valence-corrected chi connectivity index (χ0v) is 33.6. The van der Waals surface area contributed by atoms with E-state index < -0.39 is 0 Å². The fourth-order valence-electron chi connectivity index (χ4n) is 12.5. The second kappa shape index (κ2) is 14.0. The second-order valence-electron chi connectivity index (χ2n) is 18.1. The van der Waals surface area contributed by atoms with Crippen molar-refractivity contribution in [3.8, 4) is 44.5 Å². The Morgan fingerprint density at radius 3 is 1.46 bits per heavy atom. The summed E-state index contributed by atoms with van der Waals surface area (Å²) in [5.74, 6) is 3.46. The molecule has 1 heteroatoms. The largest absolute Gasteiger partial charge is 0.311 e. The fraction of sp³-hybridized carbons (Fsp3) is 0.207. The van der Waals surface area contributed by atoms with Crippen LogP contribution < -0.4 is 4.90 Å². The van der Waals surface area contributed by atoms with Crippen molar-refractivity contribution in [2.45, 2.75) is 50.4 Å². The van der Waals surface area contributed by atoms with Gasteiger partial charge < -0.3 is 4.90 Å². The minimum Gasteiger partial charge on any atom is -0.311 e. The molecule has 4 saturated carbocycles. The van der Waals surface area contributed by atoms with Gasteiger partial charge in [-0.2, -0.15) is 0 Å². The van der Waals surface area contributed by atoms with Crippen molar-refractivity contribution in [2.24, 2.45) is 23.7 Å². The third-order valence-electron chi connectivity index (χ3n) is 15.0. The van der Waals surface area contributed by atoms with Gasteiger partial charge >= 0.3 is 0 Å². The molecule has 0 N–H and O–H groups in total. The highest BCUT2D eigenvalue weighted by atomic mass is 15.1. The molecule has 286 valence electrons. The summed E-state index contributed by atoms with van der Waals surface area (Å²) < 4.78 is 0. The Morgan fingerprint density at radius 1 is 0.407 bits per heavy atom. The number of hydrogen-bond acceptors (Lipinski definition) is 1. The molecule has 7 aromatic carbocycles. The van der Waals surface area contributed by atoms with Crippen LogP contribution in [-0.2, 0) is 5.41 Å². The summed E-state index contributed by atoms with van der Waals surface area (Å²) in [6.45, 7) is 0. The predicted octanol–water partition coefficient (Wildman–Crippen LogP) is 15.6. The van der Waals surface area contributed by atoms with Crippen LogP contribution >= 0.6 is 0 Å². The lowest BCUT2D eigenvalue weighted by atomic mass is 9.43. The molecule has 0 aliphatic heterocycles. The number of hydrogen-bond donors (Lipinski definition) is 0. The molecule has 1 nitrogen and oxygen atoms in total. The SMILES string of the molecule is C1=CCCC(c2ccc(N(c3ccc(-c4ccccc4)cc3)c3ccc(-c4ccc(-c5ccc6c(c5)C5(c7ccccc7-6)C6CC7CC(C6)CC5C7)cc4)cc3)cc2)=C1. The minimum absolute atomic E-state index is 0.196. The summed E-state index contributed by atoms with van der Waals surface area (Å²) in [6.07, 6.45) is 16.0. The van der Waals surface area contributed by atoms with Crippen molar-refractivity contribution in [1.82, 2.24) is 0 Å². The van der Waals surface area contributed by atoms with E-state index in [1.807, 2.05) is 0 Å². The highest BCUT2D eigenvalue weighted by Gasteiger charge is 2.61. The van der Waals surface area contributed by atoms with Crippen LogP contribution in [0.2, 0.25) is 0 Å². The van der Waals surface area contributed by atoms with E-state index in [0.717, 1.165) is 53.6 Å². The molecule has 0 unspecified atom stereocenters. The lowest BCUT2D eigenvalue weighted by Crippen LogP contribution is -2.55. The molecular weight excluding hydrogens is 711 g/mol. The fourth-order valence-corrected chi connectivity index (χ4v) is 12.5. The van der Waals surface area contributed by atoms with Gasteiger partial charge in [-0.25, -0.2) is 0 Å². The van der Waals surface area contributed by atoms with Crippen LogP contribution in [0.4, 0.5) is 17.1 Å². The van der Waals surface area contributed by atoms with Crippen molar-refractivity contribution in [3.05, 3.63) is 205 Å². The standard InChI is InChI=1S/C58H49N/c1-3-9-41(10-4-1)44-19-26-51(27-20-44)59(52-28-21-45(22-29-52)42-11-5-2-6-12-42)53-30-23-46(24-31-53)43-15-17-47(18-16-43)48-25-32-55-54-13-7-8-14-56(54)58(57(55)38-48)49-34-39-33-40(36-49)37-50(58)35-39/h1-5,7-11,13-32,38-40,49-50H,6,12,33-37H2. The van der Waals surface area contributed by atoms with E-state index in [9.17, 15) is 0 Å². The van der Waals surface area contributed by atoms with Crippen LogP contribution in [0.1, 0.15) is 61.6 Å². The molecule has 0 atom stereocenters. The Morgan fingerprint density at radius 2 is 0.881 bits per heavy atom. The van der Waals surface area contributed by atoms with Gasteiger partial charge in [-0.15, -0.1) is 0 Å². The Hall–Kier alpha value is -6.18. The first kappa shape index (κ1) is 34.8. The first-order valence-electron chi connectivity index (χ1n) is 22.1. The lowest BCUT2D eigenvalue weighted by molar-refractivity contribution is -0.0399. The first-order chi connectivity index (χ1) is 29.2. The predicted molar refractivity (Wildman–Crippen MR) is 247 cm³/mol. The third kappa shape index (κ3) is 5.73. The van der Waals surface area contributed by atoms with Crippen molar-refractivity contribution in [3.63, 3.8) is 0 Å². The molecule has 0 amide bonds. The summed E-state index contributed by atoms with van der Waals surface area (Å²) in [4.78, 5) is 2.38. The Balaban J connectivity index is 0.852. The van der Waals surface area contributed by atoms with Crippen LogP contribution in [0.15, 0.2) is 188 Å². The molecule has 0 saturated heterocycles. The molecule has 13 rings (SSSR count). The third-order valence-corrected chi connectivity index (χ3v) is 15.0. The van der Waals surface area contributed by atoms with Crippen molar-refractivity contribution in [2.75, 3.05) is 4.90 Å². The number of allylic oxidation sites excluding steroid dienone is 4. The van der Waals surface area contributed by atoms with E-state index in [0.29, 0.717) is 0 Å². The second-order valence-corrected chi connectivity index (χ2v) is 18.1. The molecule has 59 heavy (non-hydrogen) atoms. The summed E-state index contributed by atoms with van der Waals surface area (Å²) in [7, 11) is 0. The highest BCUT2D eigenvalue weighted by Crippen LogP contribution is 2.69. The average molecular weight is 760 g/mol. The summed E-state index contributed by atoms with van der Waals surface area (Å²) in [5, 5.41) is 0. The van der Waals surface area contributed by atoms with E-state index >= 15 is 0 Å². The van der Waals surface area contributed by atoms with E-state index in [4.69, 9.17) is 0 Å². The first-order valence-corrected chi connectivity index (χ1v) is 22.1. The highest BCUT2D eigenvalue weighted by molar-refractivity contribution is 5.86. The molecule has 1 spiro atoms. The van der Waals surface area contributed by atoms with Gasteiger partial charge in [-0.05, 0) is 178 Å². The maximum Gasteiger partial charge on any atom is 0.0462 e. The Labute approximate surface area is 349 Å². The van der Waals surface area contributed by atoms with E-state index in [2.05, 4.69) is 193 Å². The van der Waals surface area contributed by atoms with E-state index in [1.54, 1.807) is 11.1 Å². The molecule has 4 fully saturated rings. The molecule has 0 aromatic heterocycles. The lowest BCUT2D eigenvalue weighted by Gasteiger charge is -2.61. The Kier molecular flexibility index (Phi) is 8.26. The number of anilines is 3. The van der Waals surface area contributed by atoms with E-state index in [-0.39, 0.29) is 5.41 Å². The molecule has 0 heterocycles. The molecule has 6 aliphatic carbocycles. The smallest absolute Gasteiger partial charge is 0.0462 e. The van der Waals surface area contributed by atoms with Gasteiger partial charge in [0.1, 0.15) is 0 Å². The van der Waals surface area contributed by atoms with Gasteiger partial charge in [-0.3, -0.25) is 0 Å². The van der Waals surface area contributed by atoms with Gasteiger partial charge in [0.15, 0.2) is 0 Å². The van der Waals surface area contributed by atoms with Crippen LogP contribution in [0.3, 0.4) is 0 Å². The average Bonchev–Trinajstić information content (AvgIpc) is 3.59. The number of rotatable bonds is 7. The maximum atomic E-state index is 2.61. The molecule has 4 bridgehead atoms. The van der Waals surface area contributed by atoms with Crippen LogP contribution in [-0.4, -0.2) is 0 Å². The number of fused-ring (bicyclic) bond motifs is 3. The van der Waals surface area contributed by atoms with Crippen LogP contribution in [0.25, 0.3) is 50.1 Å². The monoisotopic (exact) mass is 759 g/mol. The number of benzene rings is 7. The van der Waals surface area contributed by atoms with Gasteiger partial charge in [0, 0.05) is 22.5 Å². The quantitative estimate of drug-likeness (QED) is 0.156. The van der Waals surface area contributed by atoms with Gasteiger partial charge in [0.25, 0.3) is 0 Å². The normalized spacial score (nSPS) is 23.2. The van der Waals surface area contributed by atoms with Gasteiger partial charge in [0.2, 0.25) is 0 Å². The summed E-state index contributed by atoms with van der Waals surface area (Å²) in [5.41, 5.74) is 20.1. The van der Waals surface area contributed by atoms with Crippen LogP contribution in [0.5, 0.6) is 0 Å². The molecule has 0 radical (unpaired) electrons. The summed E-state index contributed by atoms with van der Waals surface area (Å²) >= 11 is 0. The Bertz CT molecular complexity index is 2700. The zero-order valence-electron chi connectivity index (χ0n) is 33.6. The topological polar surface area (TPSA) is 3.24 Å². The van der Waals surface area contributed by atoms with Crippen LogP contribution in [0, 0.1) is 23.7 Å². The zero-order chi connectivity index (χ0) is 38.9. The molecule has 7 aromatic rings. The van der Waals surface area contributed by atoms with E-state index in [1.165, 1.54) is 87.7 Å². The minimum atomic E-state index is 0.196. The van der Waals surface area contributed by atoms with Crippen molar-refractivity contribution < 1.29 is 0 Å². The van der Waals surface area contributed by atoms with Crippen molar-refractivity contribution in [1.29, 1.82) is 0 Å². The van der Waals surface area contributed by atoms with Gasteiger partial charge in [0.05, 0.1) is 0 Å². The summed E-state index contributed by atoms with van der Waals surface area (Å²) in [6, 6.07) is 64.1. The molecular formula is C58H49N. The number of nitrogens with zero attached hydrogens (tertiary/aromatic N) is 1. The maximum absolute atomic E-state index is 2.61.